The summed E-state index contributed by atoms with van der Waals surface area (Å²) in [5.41, 5.74) is 0.377. The molecule has 0 radical (unpaired) electrons. The number of carbonyl (C=O) groups is 2. The summed E-state index contributed by atoms with van der Waals surface area (Å²) in [6, 6.07) is 8.11. The van der Waals surface area contributed by atoms with Crippen LogP contribution in [0.3, 0.4) is 0 Å². The number of nitrogens with one attached hydrogen (secondary N) is 2. The first kappa shape index (κ1) is 18.7. The number of rotatable bonds is 3. The van der Waals surface area contributed by atoms with Crippen LogP contribution in [-0.2, 0) is 14.8 Å². The maximum Gasteiger partial charge on any atom is 0.336 e. The molecule has 0 aliphatic carbocycles. The van der Waals surface area contributed by atoms with Crippen LogP contribution in [0, 0.1) is 17.1 Å². The molecular formula is C18H13FN4O5S. The van der Waals surface area contributed by atoms with Gasteiger partial charge in [0.15, 0.2) is 0 Å². The quantitative estimate of drug-likeness (QED) is 0.780. The highest BCUT2D eigenvalue weighted by Crippen LogP contribution is 2.34. The van der Waals surface area contributed by atoms with Crippen LogP contribution in [0.5, 0.6) is 5.75 Å². The minimum Gasteiger partial charge on any atom is -0.491 e. The first-order valence-electron chi connectivity index (χ1n) is 8.39. The van der Waals surface area contributed by atoms with Gasteiger partial charge in [-0.05, 0) is 18.2 Å². The van der Waals surface area contributed by atoms with Crippen molar-refractivity contribution >= 4 is 27.6 Å². The van der Waals surface area contributed by atoms with Crippen molar-refractivity contribution in [2.24, 2.45) is 0 Å². The molecule has 2 aromatic rings. The predicted octanol–water partition coefficient (Wildman–Crippen LogP) is 1.48. The van der Waals surface area contributed by atoms with E-state index >= 15 is 0 Å². The fourth-order valence-electron chi connectivity index (χ4n) is 3.23. The van der Waals surface area contributed by atoms with E-state index in [1.165, 1.54) is 36.4 Å². The number of anilines is 1. The monoisotopic (exact) mass is 416 g/mol. The molecule has 2 N–H and O–H groups in total. The molecule has 2 aliphatic heterocycles. The number of sulfonamides is 1. The van der Waals surface area contributed by atoms with Crippen LogP contribution >= 0.6 is 0 Å². The maximum atomic E-state index is 13.3. The Morgan fingerprint density at radius 1 is 1.38 bits per heavy atom. The van der Waals surface area contributed by atoms with Crippen molar-refractivity contribution in [3.63, 3.8) is 0 Å². The largest absolute Gasteiger partial charge is 0.491 e. The second-order valence-corrected chi connectivity index (χ2v) is 8.15. The number of carbonyl (C=O) groups excluding carboxylic acids is 2. The fraction of sp³-hybridized carbons (Fsp3) is 0.167. The van der Waals surface area contributed by atoms with Crippen LogP contribution in [0.15, 0.2) is 41.3 Å². The van der Waals surface area contributed by atoms with E-state index in [4.69, 9.17) is 4.74 Å². The first-order valence-corrected chi connectivity index (χ1v) is 9.83. The molecule has 29 heavy (non-hydrogen) atoms. The van der Waals surface area contributed by atoms with E-state index in [9.17, 15) is 27.7 Å². The van der Waals surface area contributed by atoms with Gasteiger partial charge in [0, 0.05) is 11.6 Å². The summed E-state index contributed by atoms with van der Waals surface area (Å²) < 4.78 is 44.7. The minimum absolute atomic E-state index is 0.0224. The minimum atomic E-state index is -4.41. The van der Waals surface area contributed by atoms with E-state index < -0.39 is 40.4 Å². The third kappa shape index (κ3) is 3.13. The molecule has 0 saturated carbocycles. The molecule has 0 aromatic heterocycles. The number of nitriles is 1. The summed E-state index contributed by atoms with van der Waals surface area (Å²) in [4.78, 5) is 24.4. The number of fused-ring (bicyclic) bond motifs is 2. The summed E-state index contributed by atoms with van der Waals surface area (Å²) >= 11 is 0. The van der Waals surface area contributed by atoms with Gasteiger partial charge in [-0.2, -0.15) is 5.26 Å². The Morgan fingerprint density at radius 2 is 2.17 bits per heavy atom. The smallest absolute Gasteiger partial charge is 0.336 e. The zero-order chi connectivity index (χ0) is 20.8. The Balaban J connectivity index is 1.56. The van der Waals surface area contributed by atoms with Crippen molar-refractivity contribution in [1.82, 2.24) is 9.62 Å². The lowest BCUT2D eigenvalue weighted by Gasteiger charge is -2.29. The van der Waals surface area contributed by atoms with Gasteiger partial charge in [-0.25, -0.2) is 21.9 Å². The van der Waals surface area contributed by atoms with Gasteiger partial charge in [0.2, 0.25) is 5.91 Å². The number of halogens is 1. The molecule has 3 amide bonds. The van der Waals surface area contributed by atoms with Gasteiger partial charge in [-0.1, -0.05) is 12.1 Å². The highest BCUT2D eigenvalue weighted by molar-refractivity contribution is 7.90. The number of hydrogen-bond donors (Lipinski definition) is 2. The lowest BCUT2D eigenvalue weighted by atomic mass is 10.1. The van der Waals surface area contributed by atoms with E-state index in [0.717, 1.165) is 0 Å². The molecule has 2 aliphatic rings. The van der Waals surface area contributed by atoms with Gasteiger partial charge >= 0.3 is 6.03 Å². The van der Waals surface area contributed by atoms with Gasteiger partial charge in [0.1, 0.15) is 35.7 Å². The van der Waals surface area contributed by atoms with Crippen LogP contribution in [0.4, 0.5) is 14.9 Å². The highest BCUT2D eigenvalue weighted by atomic mass is 32.2. The molecular weight excluding hydrogens is 403 g/mol. The van der Waals surface area contributed by atoms with E-state index in [1.54, 1.807) is 6.07 Å². The zero-order valence-corrected chi connectivity index (χ0v) is 15.5. The topological polar surface area (TPSA) is 129 Å². The molecule has 9 nitrogen and oxygen atoms in total. The second kappa shape index (κ2) is 6.75. The number of urea groups is 1. The Kier molecular flexibility index (Phi) is 4.35. The number of ether oxygens (including phenoxy) is 1. The van der Waals surface area contributed by atoms with E-state index in [1.807, 2.05) is 0 Å². The van der Waals surface area contributed by atoms with Gasteiger partial charge < -0.3 is 15.4 Å². The molecule has 0 spiro atoms. The molecule has 1 atom stereocenters. The third-order valence-electron chi connectivity index (χ3n) is 4.53. The number of amides is 3. The summed E-state index contributed by atoms with van der Waals surface area (Å²) in [6.07, 6.45) is 0. The summed E-state index contributed by atoms with van der Waals surface area (Å²) in [5.74, 6) is -0.961. The van der Waals surface area contributed by atoms with Crippen molar-refractivity contribution in [2.45, 2.75) is 10.9 Å². The average molecular weight is 416 g/mol. The first-order chi connectivity index (χ1) is 13.8. The summed E-state index contributed by atoms with van der Waals surface area (Å²) in [5, 5.41) is 14.1. The lowest BCUT2D eigenvalue weighted by molar-refractivity contribution is -0.121. The predicted molar refractivity (Wildman–Crippen MR) is 96.8 cm³/mol. The zero-order valence-electron chi connectivity index (χ0n) is 14.7. The Bertz CT molecular complexity index is 1190. The molecule has 0 fully saturated rings. The fourth-order valence-corrected chi connectivity index (χ4v) is 4.79. The maximum absolute atomic E-state index is 13.3. The van der Waals surface area contributed by atoms with Crippen LogP contribution < -0.4 is 15.4 Å². The number of nitrogens with zero attached hydrogens (tertiary/aromatic N) is 2. The van der Waals surface area contributed by atoms with Crippen molar-refractivity contribution in [3.05, 3.63) is 53.3 Å². The summed E-state index contributed by atoms with van der Waals surface area (Å²) in [7, 11) is -4.41. The highest BCUT2D eigenvalue weighted by Gasteiger charge is 2.40. The second-order valence-electron chi connectivity index (χ2n) is 6.35. The van der Waals surface area contributed by atoms with Gasteiger partial charge in [0.05, 0.1) is 17.3 Å². The molecule has 148 valence electrons. The average Bonchev–Trinajstić information content (AvgIpc) is 3.06. The van der Waals surface area contributed by atoms with Crippen molar-refractivity contribution in [1.29, 1.82) is 5.26 Å². The van der Waals surface area contributed by atoms with Gasteiger partial charge in [-0.15, -0.1) is 0 Å². The third-order valence-corrected chi connectivity index (χ3v) is 6.36. The van der Waals surface area contributed by atoms with Crippen molar-refractivity contribution in [2.75, 3.05) is 18.5 Å². The van der Waals surface area contributed by atoms with Gasteiger partial charge in [-0.3, -0.25) is 4.79 Å². The van der Waals surface area contributed by atoms with E-state index in [-0.39, 0.29) is 28.5 Å². The molecule has 4 rings (SSSR count). The Morgan fingerprint density at radius 3 is 2.93 bits per heavy atom. The molecule has 2 heterocycles. The van der Waals surface area contributed by atoms with E-state index in [2.05, 4.69) is 10.6 Å². The van der Waals surface area contributed by atoms with Crippen molar-refractivity contribution < 1.29 is 27.1 Å². The Hall–Kier alpha value is -3.65. The normalized spacial score (nSPS) is 18.7. The molecule has 0 bridgehead atoms. The SMILES string of the molecule is N#Cc1cccc2c1S(=O)(=O)N(CC(=O)N[C@@H]1COc3cc(F)ccc31)C(=O)N2. The van der Waals surface area contributed by atoms with Crippen LogP contribution in [0.2, 0.25) is 0 Å². The molecule has 0 saturated heterocycles. The number of hydrogen-bond acceptors (Lipinski definition) is 6. The molecule has 0 unspecified atom stereocenters. The van der Waals surface area contributed by atoms with Crippen LogP contribution in [0.25, 0.3) is 0 Å². The summed E-state index contributed by atoms with van der Waals surface area (Å²) in [6.45, 7) is -0.745. The van der Waals surface area contributed by atoms with E-state index in [0.29, 0.717) is 9.87 Å². The molecule has 2 aromatic carbocycles. The molecule has 11 heteroatoms. The lowest BCUT2D eigenvalue weighted by Crippen LogP contribution is -2.49. The van der Waals surface area contributed by atoms with Gasteiger partial charge in [0.25, 0.3) is 10.0 Å². The number of benzene rings is 2. The Labute approximate surface area is 164 Å². The van der Waals surface area contributed by atoms with Crippen LogP contribution in [-0.4, -0.2) is 37.8 Å². The van der Waals surface area contributed by atoms with Crippen molar-refractivity contribution in [3.8, 4) is 11.8 Å². The van der Waals surface area contributed by atoms with Crippen LogP contribution in [0.1, 0.15) is 17.2 Å². The standard InChI is InChI=1S/C18H13FN4O5S/c19-11-4-5-12-14(9-28-15(12)6-11)21-16(24)8-23-18(25)22-13-3-1-2-10(7-20)17(13)29(23,26)27/h1-6,14H,8-9H2,(H,21,24)(H,22,25)/t14-/m1/s1.